The van der Waals surface area contributed by atoms with Crippen LogP contribution in [0.15, 0.2) is 55.4 Å². The first-order chi connectivity index (χ1) is 12.6. The normalized spacial score (nSPS) is 17.5. The maximum Gasteiger partial charge on any atom is 0.266 e. The Morgan fingerprint density at radius 1 is 1.23 bits per heavy atom. The maximum absolute atomic E-state index is 12.7. The second-order valence-corrected chi connectivity index (χ2v) is 7.32. The number of rotatable bonds is 6. The highest BCUT2D eigenvalue weighted by atomic mass is 79.9. The minimum atomic E-state index is -0.0472. The van der Waals surface area contributed by atoms with Gasteiger partial charge in [-0.1, -0.05) is 6.92 Å². The summed E-state index contributed by atoms with van der Waals surface area (Å²) in [5.74, 6) is 1.39. The molecule has 0 N–H and O–H groups in total. The van der Waals surface area contributed by atoms with Gasteiger partial charge in [0.25, 0.3) is 5.91 Å². The highest BCUT2D eigenvalue weighted by Crippen LogP contribution is 2.35. The summed E-state index contributed by atoms with van der Waals surface area (Å²) in [7, 11) is 0. The zero-order valence-corrected chi connectivity index (χ0v) is 17.0. The molecule has 0 aliphatic carbocycles. The summed E-state index contributed by atoms with van der Waals surface area (Å²) in [5, 5.41) is 0.679. The molecular formula is C19H19BrN2O3S. The van der Waals surface area contributed by atoms with Crippen LogP contribution in [0, 0.1) is 0 Å². The first kappa shape index (κ1) is 18.8. The largest absolute Gasteiger partial charge is 0.494 e. The first-order valence-electron chi connectivity index (χ1n) is 8.39. The minimum absolute atomic E-state index is 0.0472. The van der Waals surface area contributed by atoms with Gasteiger partial charge in [0, 0.05) is 12.6 Å². The molecule has 2 heterocycles. The lowest BCUT2D eigenvalue weighted by Crippen LogP contribution is -2.29. The maximum atomic E-state index is 12.7. The molecule has 1 aliphatic heterocycles. The Hall–Kier alpha value is -1.99. The number of benzene rings is 1. The monoisotopic (exact) mass is 434 g/mol. The number of aliphatic imine (C=N–C) groups is 1. The molecule has 7 heteroatoms. The fourth-order valence-corrected chi connectivity index (χ4v) is 3.77. The van der Waals surface area contributed by atoms with Crippen molar-refractivity contribution >= 4 is 50.5 Å². The third-order valence-corrected chi connectivity index (χ3v) is 5.01. The van der Waals surface area contributed by atoms with E-state index >= 15 is 0 Å². The van der Waals surface area contributed by atoms with Gasteiger partial charge < -0.3 is 9.15 Å². The molecule has 0 saturated carbocycles. The van der Waals surface area contributed by atoms with Gasteiger partial charge in [-0.05, 0) is 77.4 Å². The highest BCUT2D eigenvalue weighted by Gasteiger charge is 2.33. The van der Waals surface area contributed by atoms with Crippen molar-refractivity contribution < 1.29 is 13.9 Å². The quantitative estimate of drug-likeness (QED) is 0.566. The van der Waals surface area contributed by atoms with Crippen LogP contribution in [-0.2, 0) is 4.79 Å². The van der Waals surface area contributed by atoms with Crippen LogP contribution < -0.4 is 4.74 Å². The van der Waals surface area contributed by atoms with Crippen LogP contribution >= 0.6 is 27.7 Å². The van der Waals surface area contributed by atoms with E-state index in [1.165, 1.54) is 11.8 Å². The van der Waals surface area contributed by atoms with Gasteiger partial charge in [-0.3, -0.25) is 9.69 Å². The predicted octanol–water partition coefficient (Wildman–Crippen LogP) is 5.45. The number of hydrogen-bond acceptors (Lipinski definition) is 5. The molecule has 1 aliphatic rings. The van der Waals surface area contributed by atoms with Gasteiger partial charge in [0.1, 0.15) is 11.5 Å². The van der Waals surface area contributed by atoms with Crippen LogP contribution in [0.4, 0.5) is 5.69 Å². The molecule has 0 unspecified atom stereocenters. The van der Waals surface area contributed by atoms with E-state index in [1.54, 1.807) is 17.0 Å². The Balaban J connectivity index is 1.87. The molecule has 136 valence electrons. The predicted molar refractivity (Wildman–Crippen MR) is 109 cm³/mol. The van der Waals surface area contributed by atoms with E-state index in [9.17, 15) is 4.79 Å². The lowest BCUT2D eigenvalue weighted by molar-refractivity contribution is -0.122. The highest BCUT2D eigenvalue weighted by molar-refractivity contribution is 9.10. The molecule has 1 aromatic carbocycles. The summed E-state index contributed by atoms with van der Waals surface area (Å²) in [6.45, 7) is 5.24. The molecule has 2 aromatic rings. The second kappa shape index (κ2) is 8.60. The van der Waals surface area contributed by atoms with Gasteiger partial charge in [-0.2, -0.15) is 0 Å². The van der Waals surface area contributed by atoms with Crippen LogP contribution in [0.2, 0.25) is 0 Å². The van der Waals surface area contributed by atoms with Crippen LogP contribution in [0.3, 0.4) is 0 Å². The summed E-state index contributed by atoms with van der Waals surface area (Å²) >= 11 is 4.64. The number of halogens is 1. The molecule has 26 heavy (non-hydrogen) atoms. The van der Waals surface area contributed by atoms with Gasteiger partial charge in [0.15, 0.2) is 9.84 Å². The van der Waals surface area contributed by atoms with Crippen molar-refractivity contribution in [2.75, 3.05) is 13.2 Å². The summed E-state index contributed by atoms with van der Waals surface area (Å²) in [6.07, 6.45) is 2.61. The summed E-state index contributed by atoms with van der Waals surface area (Å²) in [4.78, 5) is 19.7. The van der Waals surface area contributed by atoms with Crippen LogP contribution in [-0.4, -0.2) is 29.1 Å². The molecule has 0 spiro atoms. The van der Waals surface area contributed by atoms with E-state index in [0.29, 0.717) is 33.7 Å². The van der Waals surface area contributed by atoms with Crippen molar-refractivity contribution in [2.45, 2.75) is 20.3 Å². The molecule has 0 radical (unpaired) electrons. The number of nitrogens with zero attached hydrogens (tertiary/aromatic N) is 2. The lowest BCUT2D eigenvalue weighted by Gasteiger charge is -2.14. The number of thioether (sulfide) groups is 1. The minimum Gasteiger partial charge on any atom is -0.494 e. The third kappa shape index (κ3) is 4.40. The van der Waals surface area contributed by atoms with Crippen molar-refractivity contribution in [3.8, 4) is 5.75 Å². The Kier molecular flexibility index (Phi) is 6.21. The van der Waals surface area contributed by atoms with Crippen LogP contribution in [0.5, 0.6) is 5.75 Å². The van der Waals surface area contributed by atoms with Crippen molar-refractivity contribution in [2.24, 2.45) is 4.99 Å². The van der Waals surface area contributed by atoms with E-state index in [4.69, 9.17) is 9.15 Å². The fourth-order valence-electron chi connectivity index (χ4n) is 2.44. The number of amidine groups is 1. The Bertz CT molecular complexity index is 843. The van der Waals surface area contributed by atoms with Gasteiger partial charge in [-0.25, -0.2) is 4.99 Å². The molecule has 1 saturated heterocycles. The number of ether oxygens (including phenoxy) is 1. The zero-order valence-electron chi connectivity index (χ0n) is 14.6. The van der Waals surface area contributed by atoms with Gasteiger partial charge >= 0.3 is 0 Å². The van der Waals surface area contributed by atoms with Crippen molar-refractivity contribution in [1.29, 1.82) is 0 Å². The topological polar surface area (TPSA) is 55.0 Å². The van der Waals surface area contributed by atoms with E-state index in [0.717, 1.165) is 17.9 Å². The third-order valence-electron chi connectivity index (χ3n) is 3.58. The molecule has 3 rings (SSSR count). The molecule has 1 fully saturated rings. The number of carbonyl (C=O) groups is 1. The lowest BCUT2D eigenvalue weighted by atomic mass is 10.3. The molecular weight excluding hydrogens is 416 g/mol. The molecule has 1 aromatic heterocycles. The molecule has 1 amide bonds. The molecule has 0 atom stereocenters. The Morgan fingerprint density at radius 2 is 2.00 bits per heavy atom. The number of furan rings is 1. The number of carbonyl (C=O) groups excluding carboxylic acids is 1. The zero-order chi connectivity index (χ0) is 18.5. The van der Waals surface area contributed by atoms with E-state index in [-0.39, 0.29) is 5.91 Å². The van der Waals surface area contributed by atoms with Crippen LogP contribution in [0.1, 0.15) is 26.0 Å². The standard InChI is InChI=1S/C19H19BrN2O3S/c1-3-11-22-18(23)16(12-15-9-10-17(20)25-15)26-19(22)21-13-5-7-14(8-6-13)24-4-2/h5-10,12H,3-4,11H2,1-2H3/b16-12+,21-19?. The smallest absolute Gasteiger partial charge is 0.266 e. The van der Waals surface area contributed by atoms with E-state index in [1.807, 2.05) is 44.2 Å². The van der Waals surface area contributed by atoms with Gasteiger partial charge in [-0.15, -0.1) is 0 Å². The Labute approximate surface area is 165 Å². The summed E-state index contributed by atoms with van der Waals surface area (Å²) < 4.78 is 11.6. The number of amides is 1. The number of hydrogen-bond donors (Lipinski definition) is 0. The molecule has 5 nitrogen and oxygen atoms in total. The fraction of sp³-hybridized carbons (Fsp3) is 0.263. The van der Waals surface area contributed by atoms with E-state index < -0.39 is 0 Å². The van der Waals surface area contributed by atoms with E-state index in [2.05, 4.69) is 20.9 Å². The summed E-state index contributed by atoms with van der Waals surface area (Å²) in [6, 6.07) is 11.2. The van der Waals surface area contributed by atoms with Gasteiger partial charge in [0.05, 0.1) is 17.2 Å². The van der Waals surface area contributed by atoms with Crippen LogP contribution in [0.25, 0.3) is 6.08 Å². The average Bonchev–Trinajstić information content (AvgIpc) is 3.16. The second-order valence-electron chi connectivity index (χ2n) is 5.53. The SMILES string of the molecule is CCCN1C(=O)/C(=C\c2ccc(Br)o2)SC1=Nc1ccc(OCC)cc1. The van der Waals surface area contributed by atoms with Crippen molar-refractivity contribution in [3.63, 3.8) is 0 Å². The molecule has 0 bridgehead atoms. The summed E-state index contributed by atoms with van der Waals surface area (Å²) in [5.41, 5.74) is 0.784. The van der Waals surface area contributed by atoms with Crippen molar-refractivity contribution in [1.82, 2.24) is 4.90 Å². The average molecular weight is 435 g/mol. The first-order valence-corrected chi connectivity index (χ1v) is 10.00. The van der Waals surface area contributed by atoms with Gasteiger partial charge in [0.2, 0.25) is 0 Å². The Morgan fingerprint density at radius 3 is 2.62 bits per heavy atom. The van der Waals surface area contributed by atoms with Crippen molar-refractivity contribution in [3.05, 3.63) is 51.7 Å².